The van der Waals surface area contributed by atoms with Gasteiger partial charge in [-0.3, -0.25) is 0 Å². The van der Waals surface area contributed by atoms with Crippen LogP contribution in [0.4, 0.5) is 0 Å². The number of carbonyl (C=O) groups excluding carboxylic acids is 1. The predicted octanol–water partition coefficient (Wildman–Crippen LogP) is 1.40. The second-order valence-electron chi connectivity index (χ2n) is 5.48. The minimum Gasteiger partial charge on any atom is -0.497 e. The Morgan fingerprint density at radius 2 is 1.65 bits per heavy atom. The fourth-order valence-electron chi connectivity index (χ4n) is 2.37. The number of cyclic esters (lactones) is 1. The normalized spacial score (nSPS) is 32.3. The number of rotatable bonds is 5. The molecule has 0 spiro atoms. The first-order valence-electron chi connectivity index (χ1n) is 7.13. The Bertz CT molecular complexity index is 558. The van der Waals surface area contributed by atoms with E-state index in [4.69, 9.17) is 23.7 Å². The van der Waals surface area contributed by atoms with Crippen LogP contribution in [0, 0.1) is 0 Å². The van der Waals surface area contributed by atoms with Crippen LogP contribution >= 0.6 is 0 Å². The van der Waals surface area contributed by atoms with Crippen molar-refractivity contribution >= 4 is 5.97 Å². The molecular weight excluding hydrogens is 304 g/mol. The molecule has 7 heteroatoms. The molecule has 2 rings (SSSR count). The van der Waals surface area contributed by atoms with E-state index in [0.717, 1.165) is 0 Å². The van der Waals surface area contributed by atoms with Crippen molar-refractivity contribution in [3.8, 4) is 5.75 Å². The second-order valence-corrected chi connectivity index (χ2v) is 5.48. The quantitative estimate of drug-likeness (QED) is 0.819. The molecule has 1 aliphatic rings. The van der Waals surface area contributed by atoms with Gasteiger partial charge < -0.3 is 28.8 Å². The maximum Gasteiger partial charge on any atom is 0.341 e. The molecule has 7 nitrogen and oxygen atoms in total. The molecule has 0 bridgehead atoms. The summed E-state index contributed by atoms with van der Waals surface area (Å²) in [6.07, 6.45) is -2.46. The number of hydrogen-bond donors (Lipinski definition) is 1. The summed E-state index contributed by atoms with van der Waals surface area (Å²) >= 11 is 0. The van der Waals surface area contributed by atoms with E-state index in [1.54, 1.807) is 38.3 Å². The van der Waals surface area contributed by atoms with Crippen LogP contribution in [0.3, 0.4) is 0 Å². The summed E-state index contributed by atoms with van der Waals surface area (Å²) in [4.78, 5) is 12.2. The van der Waals surface area contributed by atoms with Crippen molar-refractivity contribution in [3.63, 3.8) is 0 Å². The zero-order valence-electron chi connectivity index (χ0n) is 13.9. The lowest BCUT2D eigenvalue weighted by molar-refractivity contribution is -0.411. The summed E-state index contributed by atoms with van der Waals surface area (Å²) in [5, 5.41) is 10.5. The number of ether oxygens (including phenoxy) is 5. The fourth-order valence-corrected chi connectivity index (χ4v) is 2.37. The Hall–Kier alpha value is -1.67. The van der Waals surface area contributed by atoms with Crippen molar-refractivity contribution in [1.82, 2.24) is 0 Å². The van der Waals surface area contributed by atoms with E-state index < -0.39 is 29.8 Å². The van der Waals surface area contributed by atoms with E-state index in [9.17, 15) is 9.90 Å². The van der Waals surface area contributed by atoms with Crippen LogP contribution < -0.4 is 4.74 Å². The van der Waals surface area contributed by atoms with Gasteiger partial charge in [0.15, 0.2) is 6.10 Å². The number of aliphatic hydroxyl groups excluding tert-OH is 1. The fraction of sp³-hybridized carbons (Fsp3) is 0.562. The smallest absolute Gasteiger partial charge is 0.341 e. The zero-order chi connectivity index (χ0) is 17.3. The highest BCUT2D eigenvalue weighted by atomic mass is 16.8. The average molecular weight is 326 g/mol. The average Bonchev–Trinajstić information content (AvgIpc) is 2.57. The SMILES string of the molecule is COc1ccc([C@H](O)[C@H]2O[C@](C)(OC)[C@@](C)(OC)OC2=O)cc1. The minimum atomic E-state index is -1.42. The van der Waals surface area contributed by atoms with Gasteiger partial charge in [-0.2, -0.15) is 0 Å². The number of methoxy groups -OCH3 is 3. The second kappa shape index (κ2) is 6.45. The van der Waals surface area contributed by atoms with Crippen LogP contribution in [0.2, 0.25) is 0 Å². The lowest BCUT2D eigenvalue weighted by atomic mass is 10.0. The van der Waals surface area contributed by atoms with Gasteiger partial charge in [-0.1, -0.05) is 12.1 Å². The van der Waals surface area contributed by atoms with E-state index in [2.05, 4.69) is 0 Å². The maximum atomic E-state index is 12.2. The largest absolute Gasteiger partial charge is 0.497 e. The van der Waals surface area contributed by atoms with Crippen LogP contribution in [0.5, 0.6) is 5.75 Å². The minimum absolute atomic E-state index is 0.493. The number of carbonyl (C=O) groups is 1. The molecule has 1 aromatic carbocycles. The lowest BCUT2D eigenvalue weighted by Gasteiger charge is -2.48. The van der Waals surface area contributed by atoms with Crippen molar-refractivity contribution in [2.75, 3.05) is 21.3 Å². The van der Waals surface area contributed by atoms with Crippen molar-refractivity contribution < 1.29 is 33.6 Å². The summed E-state index contributed by atoms with van der Waals surface area (Å²) in [6.45, 7) is 3.11. The van der Waals surface area contributed by atoms with E-state index in [1.165, 1.54) is 21.1 Å². The van der Waals surface area contributed by atoms with Crippen molar-refractivity contribution in [1.29, 1.82) is 0 Å². The summed E-state index contributed by atoms with van der Waals surface area (Å²) in [7, 11) is 4.34. The summed E-state index contributed by atoms with van der Waals surface area (Å²) in [5.74, 6) is -2.88. The molecule has 23 heavy (non-hydrogen) atoms. The van der Waals surface area contributed by atoms with Gasteiger partial charge in [0.05, 0.1) is 7.11 Å². The highest BCUT2D eigenvalue weighted by molar-refractivity contribution is 5.77. The van der Waals surface area contributed by atoms with Gasteiger partial charge in [-0.15, -0.1) is 0 Å². The third kappa shape index (κ3) is 3.05. The molecule has 0 aliphatic carbocycles. The number of aliphatic hydroxyl groups is 1. The molecule has 4 atom stereocenters. The van der Waals surface area contributed by atoms with Crippen LogP contribution in [0.1, 0.15) is 25.5 Å². The third-order valence-electron chi connectivity index (χ3n) is 4.23. The number of esters is 1. The van der Waals surface area contributed by atoms with E-state index in [0.29, 0.717) is 11.3 Å². The van der Waals surface area contributed by atoms with E-state index >= 15 is 0 Å². The molecular formula is C16H22O7. The molecule has 1 N–H and O–H groups in total. The van der Waals surface area contributed by atoms with Crippen molar-refractivity contribution in [3.05, 3.63) is 29.8 Å². The van der Waals surface area contributed by atoms with Crippen LogP contribution in [0.25, 0.3) is 0 Å². The van der Waals surface area contributed by atoms with Crippen LogP contribution in [-0.4, -0.2) is 50.1 Å². The first kappa shape index (κ1) is 17.7. The third-order valence-corrected chi connectivity index (χ3v) is 4.23. The Labute approximate surface area is 135 Å². The van der Waals surface area contributed by atoms with Gasteiger partial charge in [0, 0.05) is 21.1 Å². The van der Waals surface area contributed by atoms with Gasteiger partial charge in [0.1, 0.15) is 11.9 Å². The number of benzene rings is 1. The van der Waals surface area contributed by atoms with E-state index in [1.807, 2.05) is 0 Å². The molecule has 0 amide bonds. The van der Waals surface area contributed by atoms with Crippen LogP contribution in [0.15, 0.2) is 24.3 Å². The molecule has 0 saturated carbocycles. The first-order chi connectivity index (χ1) is 10.8. The van der Waals surface area contributed by atoms with Gasteiger partial charge in [0.2, 0.25) is 5.79 Å². The molecule has 128 valence electrons. The van der Waals surface area contributed by atoms with Gasteiger partial charge in [-0.05, 0) is 24.6 Å². The van der Waals surface area contributed by atoms with Gasteiger partial charge in [-0.25, -0.2) is 4.79 Å². The Morgan fingerprint density at radius 1 is 1.09 bits per heavy atom. The molecule has 1 heterocycles. The monoisotopic (exact) mass is 326 g/mol. The topological polar surface area (TPSA) is 83.5 Å². The molecule has 1 aliphatic heterocycles. The highest BCUT2D eigenvalue weighted by Gasteiger charge is 2.58. The Kier molecular flexibility index (Phi) is 4.95. The van der Waals surface area contributed by atoms with Crippen molar-refractivity contribution in [2.45, 2.75) is 37.6 Å². The summed E-state index contributed by atoms with van der Waals surface area (Å²) in [6, 6.07) is 6.66. The molecule has 1 aromatic rings. The molecule has 1 saturated heterocycles. The molecule has 0 aromatic heterocycles. The molecule has 0 radical (unpaired) electrons. The van der Waals surface area contributed by atoms with Gasteiger partial charge in [0.25, 0.3) is 5.79 Å². The Morgan fingerprint density at radius 3 is 2.13 bits per heavy atom. The molecule has 0 unspecified atom stereocenters. The summed E-state index contributed by atoms with van der Waals surface area (Å²) in [5.41, 5.74) is 0.493. The summed E-state index contributed by atoms with van der Waals surface area (Å²) < 4.78 is 26.7. The van der Waals surface area contributed by atoms with E-state index in [-0.39, 0.29) is 0 Å². The lowest BCUT2D eigenvalue weighted by Crippen LogP contribution is -2.64. The first-order valence-corrected chi connectivity index (χ1v) is 7.13. The van der Waals surface area contributed by atoms with Gasteiger partial charge >= 0.3 is 5.97 Å². The Balaban J connectivity index is 2.26. The predicted molar refractivity (Wildman–Crippen MR) is 79.7 cm³/mol. The van der Waals surface area contributed by atoms with Crippen LogP contribution in [-0.2, 0) is 23.7 Å². The zero-order valence-corrected chi connectivity index (χ0v) is 13.9. The maximum absolute atomic E-state index is 12.2. The number of hydrogen-bond acceptors (Lipinski definition) is 7. The molecule has 1 fully saturated rings. The standard InChI is InChI=1S/C16H22O7/c1-15(20-4)16(2,21-5)23-14(18)13(22-15)12(17)10-6-8-11(19-3)9-7-10/h6-9,12-13,17H,1-5H3/t12-,13+,15-,16-/m0/s1. The highest BCUT2D eigenvalue weighted by Crippen LogP contribution is 2.40. The van der Waals surface area contributed by atoms with Crippen molar-refractivity contribution in [2.24, 2.45) is 0 Å².